The molecular weight excluding hydrogens is 330 g/mol. The summed E-state index contributed by atoms with van der Waals surface area (Å²) in [5, 5.41) is 0. The van der Waals surface area contributed by atoms with Crippen LogP contribution in [0.2, 0.25) is 0 Å². The number of aromatic nitrogens is 2. The predicted molar refractivity (Wildman–Crippen MR) is 99.4 cm³/mol. The van der Waals surface area contributed by atoms with Crippen LogP contribution in [0.3, 0.4) is 0 Å². The van der Waals surface area contributed by atoms with Gasteiger partial charge in [0.15, 0.2) is 0 Å². The smallest absolute Gasteiger partial charge is 0.140 e. The summed E-state index contributed by atoms with van der Waals surface area (Å²) in [5.74, 6) is 0.157. The summed E-state index contributed by atoms with van der Waals surface area (Å²) in [6.45, 7) is 0. The third-order valence-electron chi connectivity index (χ3n) is 4.36. The van der Waals surface area contributed by atoms with Gasteiger partial charge in [-0.2, -0.15) is 0 Å². The lowest BCUT2D eigenvalue weighted by atomic mass is 10.0. The van der Waals surface area contributed by atoms with Gasteiger partial charge in [0, 0.05) is 23.7 Å². The molecule has 26 heavy (non-hydrogen) atoms. The van der Waals surface area contributed by atoms with E-state index in [0.29, 0.717) is 0 Å². The molecule has 4 heteroatoms. The summed E-state index contributed by atoms with van der Waals surface area (Å²) in [6.07, 6.45) is 0. The molecule has 1 aromatic heterocycles. The Kier molecular flexibility index (Phi) is 4.09. The maximum absolute atomic E-state index is 13.4. The SMILES string of the molecule is Cn1c(-c2ccc(F)cc2)nc(-c2ccccc2)c1-c1ccc(F)cc1. The fourth-order valence-electron chi connectivity index (χ4n) is 3.09. The van der Waals surface area contributed by atoms with Gasteiger partial charge < -0.3 is 4.57 Å². The lowest BCUT2D eigenvalue weighted by Crippen LogP contribution is -1.96. The van der Waals surface area contributed by atoms with Crippen LogP contribution in [0.5, 0.6) is 0 Å². The Morgan fingerprint density at radius 1 is 0.654 bits per heavy atom. The zero-order chi connectivity index (χ0) is 18.1. The van der Waals surface area contributed by atoms with Gasteiger partial charge in [-0.1, -0.05) is 30.3 Å². The summed E-state index contributed by atoms with van der Waals surface area (Å²) < 4.78 is 28.6. The topological polar surface area (TPSA) is 17.8 Å². The minimum atomic E-state index is -0.287. The second-order valence-corrected chi connectivity index (χ2v) is 6.07. The monoisotopic (exact) mass is 346 g/mol. The van der Waals surface area contributed by atoms with Crippen molar-refractivity contribution in [3.05, 3.63) is 90.5 Å². The molecule has 0 amide bonds. The van der Waals surface area contributed by atoms with Crippen LogP contribution in [0.15, 0.2) is 78.9 Å². The fraction of sp³-hybridized carbons (Fsp3) is 0.0455. The number of imidazole rings is 1. The maximum atomic E-state index is 13.4. The van der Waals surface area contributed by atoms with Crippen LogP contribution in [0, 0.1) is 11.6 Å². The summed E-state index contributed by atoms with van der Waals surface area (Å²) in [6, 6.07) is 22.5. The van der Waals surface area contributed by atoms with E-state index in [1.54, 1.807) is 24.3 Å². The van der Waals surface area contributed by atoms with E-state index in [0.717, 1.165) is 33.9 Å². The van der Waals surface area contributed by atoms with Crippen molar-refractivity contribution in [1.82, 2.24) is 9.55 Å². The highest BCUT2D eigenvalue weighted by atomic mass is 19.1. The summed E-state index contributed by atoms with van der Waals surface area (Å²) >= 11 is 0. The molecule has 0 unspecified atom stereocenters. The van der Waals surface area contributed by atoms with Gasteiger partial charge in [-0.15, -0.1) is 0 Å². The van der Waals surface area contributed by atoms with E-state index < -0.39 is 0 Å². The maximum Gasteiger partial charge on any atom is 0.140 e. The Hall–Kier alpha value is -3.27. The van der Waals surface area contributed by atoms with Crippen LogP contribution in [0.25, 0.3) is 33.9 Å². The lowest BCUT2D eigenvalue weighted by molar-refractivity contribution is 0.627. The first-order valence-electron chi connectivity index (χ1n) is 8.27. The Labute approximate surface area is 150 Å². The molecule has 0 N–H and O–H groups in total. The summed E-state index contributed by atoms with van der Waals surface area (Å²) in [5.41, 5.74) is 4.35. The minimum absolute atomic E-state index is 0.282. The van der Waals surface area contributed by atoms with Crippen molar-refractivity contribution in [2.45, 2.75) is 0 Å². The number of benzene rings is 3. The first-order valence-corrected chi connectivity index (χ1v) is 8.27. The van der Waals surface area contributed by atoms with Gasteiger partial charge in [0.1, 0.15) is 17.5 Å². The quantitative estimate of drug-likeness (QED) is 0.465. The Morgan fingerprint density at radius 3 is 1.77 bits per heavy atom. The predicted octanol–water partition coefficient (Wildman–Crippen LogP) is 5.70. The molecule has 128 valence electrons. The van der Waals surface area contributed by atoms with Crippen LogP contribution in [-0.2, 0) is 7.05 Å². The number of hydrogen-bond acceptors (Lipinski definition) is 1. The largest absolute Gasteiger partial charge is 0.327 e. The van der Waals surface area contributed by atoms with E-state index in [4.69, 9.17) is 4.98 Å². The number of nitrogens with zero attached hydrogens (tertiary/aromatic N) is 2. The molecule has 0 aliphatic heterocycles. The molecule has 4 aromatic rings. The highest BCUT2D eigenvalue weighted by Crippen LogP contribution is 2.35. The molecule has 0 aliphatic carbocycles. The van der Waals surface area contributed by atoms with Gasteiger partial charge in [-0.3, -0.25) is 0 Å². The zero-order valence-electron chi connectivity index (χ0n) is 14.2. The number of hydrogen-bond donors (Lipinski definition) is 0. The Morgan fingerprint density at radius 2 is 1.19 bits per heavy atom. The van der Waals surface area contributed by atoms with Crippen molar-refractivity contribution < 1.29 is 8.78 Å². The highest BCUT2D eigenvalue weighted by Gasteiger charge is 2.19. The minimum Gasteiger partial charge on any atom is -0.327 e. The summed E-state index contributed by atoms with van der Waals surface area (Å²) in [4.78, 5) is 4.83. The molecule has 3 aromatic carbocycles. The van der Waals surface area contributed by atoms with Crippen molar-refractivity contribution in [2.75, 3.05) is 0 Å². The van der Waals surface area contributed by atoms with Crippen molar-refractivity contribution in [2.24, 2.45) is 7.05 Å². The molecule has 0 saturated carbocycles. The molecule has 0 atom stereocenters. The van der Waals surface area contributed by atoms with E-state index in [9.17, 15) is 8.78 Å². The molecule has 4 rings (SSSR count). The van der Waals surface area contributed by atoms with Crippen molar-refractivity contribution >= 4 is 0 Å². The van der Waals surface area contributed by atoms with E-state index in [1.807, 2.05) is 41.9 Å². The molecule has 0 aliphatic rings. The number of halogens is 2. The second-order valence-electron chi connectivity index (χ2n) is 6.07. The van der Waals surface area contributed by atoms with E-state index in [1.165, 1.54) is 24.3 Å². The van der Waals surface area contributed by atoms with Gasteiger partial charge in [0.25, 0.3) is 0 Å². The molecule has 0 spiro atoms. The molecule has 0 saturated heterocycles. The van der Waals surface area contributed by atoms with Gasteiger partial charge in [-0.05, 0) is 48.5 Å². The highest BCUT2D eigenvalue weighted by molar-refractivity contribution is 5.82. The average Bonchev–Trinajstić information content (AvgIpc) is 3.01. The van der Waals surface area contributed by atoms with E-state index in [-0.39, 0.29) is 11.6 Å². The fourth-order valence-corrected chi connectivity index (χ4v) is 3.09. The third-order valence-corrected chi connectivity index (χ3v) is 4.36. The molecular formula is C22H16F2N2. The van der Waals surface area contributed by atoms with Crippen molar-refractivity contribution in [3.8, 4) is 33.9 Å². The van der Waals surface area contributed by atoms with E-state index >= 15 is 0 Å². The van der Waals surface area contributed by atoms with Crippen LogP contribution >= 0.6 is 0 Å². The molecule has 2 nitrogen and oxygen atoms in total. The standard InChI is InChI=1S/C22H16F2N2/c1-26-21(16-7-11-18(23)12-8-16)20(15-5-3-2-4-6-15)25-22(26)17-9-13-19(24)14-10-17/h2-14H,1H3. The molecule has 0 bridgehead atoms. The zero-order valence-corrected chi connectivity index (χ0v) is 14.2. The first kappa shape index (κ1) is 16.2. The van der Waals surface area contributed by atoms with Crippen molar-refractivity contribution in [3.63, 3.8) is 0 Å². The molecule has 1 heterocycles. The Bertz CT molecular complexity index is 1030. The molecule has 0 fully saturated rings. The third kappa shape index (κ3) is 2.90. The van der Waals surface area contributed by atoms with Gasteiger partial charge in [0.05, 0.1) is 11.4 Å². The number of rotatable bonds is 3. The van der Waals surface area contributed by atoms with Crippen molar-refractivity contribution in [1.29, 1.82) is 0 Å². The lowest BCUT2D eigenvalue weighted by Gasteiger charge is -2.08. The van der Waals surface area contributed by atoms with Crippen LogP contribution < -0.4 is 0 Å². The normalized spacial score (nSPS) is 10.9. The molecule has 0 radical (unpaired) electrons. The van der Waals surface area contributed by atoms with Gasteiger partial charge in [0.2, 0.25) is 0 Å². The Balaban J connectivity index is 1.96. The van der Waals surface area contributed by atoms with E-state index in [2.05, 4.69) is 0 Å². The van der Waals surface area contributed by atoms with Crippen LogP contribution in [0.1, 0.15) is 0 Å². The van der Waals surface area contributed by atoms with Crippen LogP contribution in [0.4, 0.5) is 8.78 Å². The average molecular weight is 346 g/mol. The first-order chi connectivity index (χ1) is 12.6. The van der Waals surface area contributed by atoms with Gasteiger partial charge >= 0.3 is 0 Å². The second kappa shape index (κ2) is 6.56. The summed E-state index contributed by atoms with van der Waals surface area (Å²) in [7, 11) is 1.91. The van der Waals surface area contributed by atoms with Gasteiger partial charge in [-0.25, -0.2) is 13.8 Å². The van der Waals surface area contributed by atoms with Crippen LogP contribution in [-0.4, -0.2) is 9.55 Å².